The van der Waals surface area contributed by atoms with Crippen molar-refractivity contribution in [3.05, 3.63) is 30.3 Å². The standard InChI is InChI=1S/C24H33N3O5/c1-13(2)25-21(30)19-24-11-14(3)23(5,32-24)17(18(24)22(31)27(19)15(4)12-28)20(29)26-16-9-7-6-8-10-16/h6-10,13-15,17-19,28H,11-12H2,1-5H3,(H,25,30)(H,26,29)/t14?,15-,17-,18+,19?,23+,24?/m1/s1. The molecular weight excluding hydrogens is 410 g/mol. The summed E-state index contributed by atoms with van der Waals surface area (Å²) in [6.45, 7) is 9.03. The maximum Gasteiger partial charge on any atom is 0.246 e. The van der Waals surface area contributed by atoms with Crippen molar-refractivity contribution >= 4 is 23.4 Å². The van der Waals surface area contributed by atoms with Gasteiger partial charge in [0.05, 0.1) is 30.1 Å². The third-order valence-electron chi connectivity index (χ3n) is 7.49. The molecule has 0 aromatic heterocycles. The van der Waals surface area contributed by atoms with Crippen molar-refractivity contribution in [2.45, 2.75) is 70.4 Å². The Bertz CT molecular complexity index is 921. The molecule has 3 amide bonds. The summed E-state index contributed by atoms with van der Waals surface area (Å²) in [5.41, 5.74) is -1.33. The minimum Gasteiger partial charge on any atom is -0.394 e. The molecule has 3 N–H and O–H groups in total. The van der Waals surface area contributed by atoms with E-state index in [0.29, 0.717) is 12.1 Å². The molecule has 4 rings (SSSR count). The molecule has 3 heterocycles. The average Bonchev–Trinajstić information content (AvgIpc) is 3.24. The maximum atomic E-state index is 13.8. The Labute approximate surface area is 188 Å². The molecule has 174 valence electrons. The highest BCUT2D eigenvalue weighted by Crippen LogP contribution is 2.65. The third kappa shape index (κ3) is 3.15. The number of anilines is 1. The number of nitrogens with one attached hydrogen (secondary N) is 2. The summed E-state index contributed by atoms with van der Waals surface area (Å²) in [5, 5.41) is 15.7. The maximum absolute atomic E-state index is 13.8. The lowest BCUT2D eigenvalue weighted by atomic mass is 9.62. The summed E-state index contributed by atoms with van der Waals surface area (Å²) in [6, 6.07) is 7.51. The summed E-state index contributed by atoms with van der Waals surface area (Å²) in [4.78, 5) is 42.1. The van der Waals surface area contributed by atoms with Gasteiger partial charge in [-0.1, -0.05) is 25.1 Å². The molecule has 0 saturated carbocycles. The van der Waals surface area contributed by atoms with E-state index in [0.717, 1.165) is 0 Å². The highest BCUT2D eigenvalue weighted by molar-refractivity contribution is 6.02. The van der Waals surface area contributed by atoms with Crippen LogP contribution in [0.4, 0.5) is 5.69 Å². The first-order valence-electron chi connectivity index (χ1n) is 11.4. The fraction of sp³-hybridized carbons (Fsp3) is 0.625. The van der Waals surface area contributed by atoms with Gasteiger partial charge in [-0.05, 0) is 52.2 Å². The van der Waals surface area contributed by atoms with Crippen LogP contribution in [0.2, 0.25) is 0 Å². The molecule has 3 unspecified atom stereocenters. The van der Waals surface area contributed by atoms with Crippen LogP contribution < -0.4 is 10.6 Å². The number of amides is 3. The number of carbonyl (C=O) groups is 3. The van der Waals surface area contributed by atoms with Crippen LogP contribution in [0.25, 0.3) is 0 Å². The van der Waals surface area contributed by atoms with Gasteiger partial charge in [-0.25, -0.2) is 0 Å². The first-order chi connectivity index (χ1) is 15.1. The average molecular weight is 444 g/mol. The third-order valence-corrected chi connectivity index (χ3v) is 7.49. The van der Waals surface area contributed by atoms with Gasteiger partial charge in [0.2, 0.25) is 17.7 Å². The second-order valence-corrected chi connectivity index (χ2v) is 10.00. The molecule has 8 nitrogen and oxygen atoms in total. The van der Waals surface area contributed by atoms with Crippen molar-refractivity contribution in [2.75, 3.05) is 11.9 Å². The summed E-state index contributed by atoms with van der Waals surface area (Å²) >= 11 is 0. The van der Waals surface area contributed by atoms with E-state index in [-0.39, 0.29) is 36.3 Å². The molecule has 32 heavy (non-hydrogen) atoms. The van der Waals surface area contributed by atoms with Crippen LogP contribution in [0.15, 0.2) is 30.3 Å². The van der Waals surface area contributed by atoms with Gasteiger partial charge in [0.1, 0.15) is 11.6 Å². The predicted octanol–water partition coefficient (Wildman–Crippen LogP) is 1.54. The van der Waals surface area contributed by atoms with Crippen molar-refractivity contribution in [3.8, 4) is 0 Å². The number of carbonyl (C=O) groups excluding carboxylic acids is 3. The molecule has 0 aliphatic carbocycles. The fourth-order valence-electron chi connectivity index (χ4n) is 6.04. The number of rotatable bonds is 6. The molecule has 3 saturated heterocycles. The van der Waals surface area contributed by atoms with Gasteiger partial charge in [0, 0.05) is 11.7 Å². The van der Waals surface area contributed by atoms with Gasteiger partial charge in [0.15, 0.2) is 0 Å². The van der Waals surface area contributed by atoms with E-state index < -0.39 is 35.1 Å². The normalized spacial score (nSPS) is 36.3. The van der Waals surface area contributed by atoms with Gasteiger partial charge >= 0.3 is 0 Å². The molecule has 7 atom stereocenters. The zero-order valence-corrected chi connectivity index (χ0v) is 19.3. The van der Waals surface area contributed by atoms with E-state index in [1.54, 1.807) is 19.1 Å². The lowest BCUT2D eigenvalue weighted by Gasteiger charge is -2.36. The van der Waals surface area contributed by atoms with Crippen LogP contribution in [-0.2, 0) is 19.1 Å². The Morgan fingerprint density at radius 3 is 2.47 bits per heavy atom. The van der Waals surface area contributed by atoms with Crippen LogP contribution in [0.1, 0.15) is 41.0 Å². The number of nitrogens with zero attached hydrogens (tertiary/aromatic N) is 1. The molecule has 1 aromatic carbocycles. The van der Waals surface area contributed by atoms with E-state index in [4.69, 9.17) is 4.74 Å². The van der Waals surface area contributed by atoms with Crippen LogP contribution >= 0.6 is 0 Å². The molecule has 2 bridgehead atoms. The van der Waals surface area contributed by atoms with Crippen molar-refractivity contribution in [1.82, 2.24) is 10.2 Å². The zero-order valence-electron chi connectivity index (χ0n) is 19.3. The van der Waals surface area contributed by atoms with Crippen LogP contribution in [0.5, 0.6) is 0 Å². The number of fused-ring (bicyclic) bond motifs is 1. The van der Waals surface area contributed by atoms with E-state index in [2.05, 4.69) is 10.6 Å². The molecule has 3 aliphatic heterocycles. The van der Waals surface area contributed by atoms with Crippen molar-refractivity contribution in [1.29, 1.82) is 0 Å². The summed E-state index contributed by atoms with van der Waals surface area (Å²) in [7, 11) is 0. The monoisotopic (exact) mass is 443 g/mol. The van der Waals surface area contributed by atoms with Gasteiger partial charge < -0.3 is 25.4 Å². The van der Waals surface area contributed by atoms with Crippen LogP contribution in [0.3, 0.4) is 0 Å². The Kier molecular flexibility index (Phi) is 5.57. The number of aliphatic hydroxyl groups is 1. The lowest BCUT2D eigenvalue weighted by Crippen LogP contribution is -2.58. The van der Waals surface area contributed by atoms with E-state index in [1.165, 1.54) is 4.90 Å². The van der Waals surface area contributed by atoms with Crippen molar-refractivity contribution in [3.63, 3.8) is 0 Å². The number of para-hydroxylation sites is 1. The number of benzene rings is 1. The highest BCUT2D eigenvalue weighted by Gasteiger charge is 2.80. The van der Waals surface area contributed by atoms with Crippen molar-refractivity contribution in [2.24, 2.45) is 17.8 Å². The fourth-order valence-corrected chi connectivity index (χ4v) is 6.04. The molecule has 3 fully saturated rings. The van der Waals surface area contributed by atoms with Gasteiger partial charge in [-0.3, -0.25) is 14.4 Å². The SMILES string of the molecule is CC(C)NC(=O)C1N([C@H](C)CO)C(=O)[C@@H]2[C@H](C(=O)Nc3ccccc3)[C@@]3(C)OC12CC3C. The quantitative estimate of drug-likeness (QED) is 0.618. The number of likely N-dealkylation sites (tertiary alicyclic amines) is 1. The molecule has 8 heteroatoms. The van der Waals surface area contributed by atoms with E-state index in [1.807, 2.05) is 45.9 Å². The molecule has 1 spiro atoms. The summed E-state index contributed by atoms with van der Waals surface area (Å²) in [5.74, 6) is -2.46. The Morgan fingerprint density at radius 1 is 1.22 bits per heavy atom. The first kappa shape index (κ1) is 22.7. The number of hydrogen-bond donors (Lipinski definition) is 3. The van der Waals surface area contributed by atoms with Crippen molar-refractivity contribution < 1.29 is 24.2 Å². The second kappa shape index (κ2) is 7.85. The zero-order chi connectivity index (χ0) is 23.4. The number of aliphatic hydroxyl groups excluding tert-OH is 1. The summed E-state index contributed by atoms with van der Waals surface area (Å²) in [6.07, 6.45) is 0.500. The molecular formula is C24H33N3O5. The van der Waals surface area contributed by atoms with Gasteiger partial charge in [0.25, 0.3) is 0 Å². The molecule has 3 aliphatic rings. The molecule has 0 radical (unpaired) electrons. The Morgan fingerprint density at radius 2 is 1.88 bits per heavy atom. The Hall–Kier alpha value is -2.45. The smallest absolute Gasteiger partial charge is 0.246 e. The predicted molar refractivity (Wildman–Crippen MR) is 119 cm³/mol. The highest BCUT2D eigenvalue weighted by atomic mass is 16.5. The van der Waals surface area contributed by atoms with E-state index >= 15 is 0 Å². The number of hydrogen-bond acceptors (Lipinski definition) is 5. The molecule has 1 aromatic rings. The van der Waals surface area contributed by atoms with Gasteiger partial charge in [-0.15, -0.1) is 0 Å². The van der Waals surface area contributed by atoms with E-state index in [9.17, 15) is 19.5 Å². The Balaban J connectivity index is 1.77. The lowest BCUT2D eigenvalue weighted by molar-refractivity contribution is -0.149. The van der Waals surface area contributed by atoms with Crippen LogP contribution in [0, 0.1) is 17.8 Å². The summed E-state index contributed by atoms with van der Waals surface area (Å²) < 4.78 is 6.60. The second-order valence-electron chi connectivity index (χ2n) is 10.00. The van der Waals surface area contributed by atoms with Gasteiger partial charge in [-0.2, -0.15) is 0 Å². The first-order valence-corrected chi connectivity index (χ1v) is 11.4. The van der Waals surface area contributed by atoms with Crippen LogP contribution in [-0.4, -0.2) is 63.7 Å². The number of ether oxygens (including phenoxy) is 1. The largest absolute Gasteiger partial charge is 0.394 e. The minimum absolute atomic E-state index is 0.0307. The minimum atomic E-state index is -1.10. The topological polar surface area (TPSA) is 108 Å².